The smallest absolute Gasteiger partial charge is 0.256 e. The maximum absolute atomic E-state index is 11.9. The Hall–Kier alpha value is -1.84. The van der Waals surface area contributed by atoms with E-state index in [0.717, 1.165) is 5.56 Å². The lowest BCUT2D eigenvalue weighted by molar-refractivity contribution is -0.120. The van der Waals surface area contributed by atoms with Crippen molar-refractivity contribution < 1.29 is 4.79 Å². The molecule has 0 bridgehead atoms. The van der Waals surface area contributed by atoms with Gasteiger partial charge in [0.05, 0.1) is 0 Å². The van der Waals surface area contributed by atoms with Gasteiger partial charge in [-0.25, -0.2) is 4.99 Å². The zero-order valence-electron chi connectivity index (χ0n) is 11.9. The van der Waals surface area contributed by atoms with Crippen molar-refractivity contribution in [3.63, 3.8) is 0 Å². The summed E-state index contributed by atoms with van der Waals surface area (Å²) in [6, 6.07) is 7.93. The zero-order chi connectivity index (χ0) is 14.0. The Labute approximate surface area is 114 Å². The SMILES string of the molecule is CC(C)NC1=NC(c2ccc(C(C)C)cc2)C(=O)N1. The first-order valence-corrected chi connectivity index (χ1v) is 6.72. The van der Waals surface area contributed by atoms with Crippen LogP contribution in [0.1, 0.15) is 50.8 Å². The van der Waals surface area contributed by atoms with E-state index >= 15 is 0 Å². The van der Waals surface area contributed by atoms with E-state index < -0.39 is 6.04 Å². The summed E-state index contributed by atoms with van der Waals surface area (Å²) in [6.07, 6.45) is 0. The van der Waals surface area contributed by atoms with Gasteiger partial charge in [-0.3, -0.25) is 10.1 Å². The van der Waals surface area contributed by atoms with Crippen LogP contribution in [0.5, 0.6) is 0 Å². The molecule has 4 heteroatoms. The number of carbonyl (C=O) groups excluding carboxylic acids is 1. The summed E-state index contributed by atoms with van der Waals surface area (Å²) in [4.78, 5) is 16.3. The maximum atomic E-state index is 11.9. The number of rotatable bonds is 3. The minimum absolute atomic E-state index is 0.0690. The van der Waals surface area contributed by atoms with Gasteiger partial charge in [-0.2, -0.15) is 0 Å². The Bertz CT molecular complexity index is 489. The van der Waals surface area contributed by atoms with Gasteiger partial charge in [0.25, 0.3) is 5.91 Å². The normalized spacial score (nSPS) is 18.7. The van der Waals surface area contributed by atoms with Gasteiger partial charge in [0.1, 0.15) is 0 Å². The van der Waals surface area contributed by atoms with E-state index in [0.29, 0.717) is 11.9 Å². The van der Waals surface area contributed by atoms with Gasteiger partial charge in [-0.05, 0) is 30.9 Å². The third-order valence-corrected chi connectivity index (χ3v) is 3.09. The molecule has 1 aromatic carbocycles. The lowest BCUT2D eigenvalue weighted by atomic mass is 9.99. The lowest BCUT2D eigenvalue weighted by Crippen LogP contribution is -2.40. The number of aliphatic imine (C=N–C) groups is 1. The van der Waals surface area contributed by atoms with Crippen molar-refractivity contribution in [3.8, 4) is 0 Å². The summed E-state index contributed by atoms with van der Waals surface area (Å²) in [6.45, 7) is 8.33. The minimum Gasteiger partial charge on any atom is -0.354 e. The number of nitrogens with one attached hydrogen (secondary N) is 2. The molecule has 1 aromatic rings. The predicted molar refractivity (Wildman–Crippen MR) is 77.1 cm³/mol. The Morgan fingerprint density at radius 3 is 2.32 bits per heavy atom. The fourth-order valence-electron chi connectivity index (χ4n) is 2.04. The summed E-state index contributed by atoms with van der Waals surface area (Å²) in [5, 5.41) is 5.89. The average molecular weight is 259 g/mol. The molecule has 1 unspecified atom stereocenters. The quantitative estimate of drug-likeness (QED) is 0.875. The molecule has 102 valence electrons. The van der Waals surface area contributed by atoms with Crippen LogP contribution >= 0.6 is 0 Å². The average Bonchev–Trinajstić information content (AvgIpc) is 2.69. The van der Waals surface area contributed by atoms with Crippen LogP contribution < -0.4 is 10.6 Å². The van der Waals surface area contributed by atoms with E-state index in [-0.39, 0.29) is 11.9 Å². The molecule has 2 N–H and O–H groups in total. The van der Waals surface area contributed by atoms with Crippen LogP contribution in [0.2, 0.25) is 0 Å². The molecule has 19 heavy (non-hydrogen) atoms. The number of amides is 1. The summed E-state index contributed by atoms with van der Waals surface area (Å²) in [5.41, 5.74) is 2.20. The second kappa shape index (κ2) is 5.43. The number of carbonyl (C=O) groups is 1. The molecule has 1 heterocycles. The van der Waals surface area contributed by atoms with Crippen molar-refractivity contribution in [2.45, 2.75) is 45.7 Å². The Morgan fingerprint density at radius 1 is 1.16 bits per heavy atom. The van der Waals surface area contributed by atoms with E-state index in [1.54, 1.807) is 0 Å². The largest absolute Gasteiger partial charge is 0.354 e. The fraction of sp³-hybridized carbons (Fsp3) is 0.467. The van der Waals surface area contributed by atoms with Gasteiger partial charge in [0.2, 0.25) is 0 Å². The van der Waals surface area contributed by atoms with Crippen LogP contribution in [-0.4, -0.2) is 17.9 Å². The lowest BCUT2D eigenvalue weighted by Gasteiger charge is -2.08. The second-order valence-corrected chi connectivity index (χ2v) is 5.49. The highest BCUT2D eigenvalue weighted by Gasteiger charge is 2.27. The molecule has 0 spiro atoms. The van der Waals surface area contributed by atoms with Crippen LogP contribution in [0.25, 0.3) is 0 Å². The molecule has 0 saturated carbocycles. The Balaban J connectivity index is 2.17. The molecule has 1 aliphatic heterocycles. The first kappa shape index (κ1) is 13.6. The van der Waals surface area contributed by atoms with Crippen LogP contribution in [0, 0.1) is 0 Å². The van der Waals surface area contributed by atoms with Gasteiger partial charge in [0.15, 0.2) is 12.0 Å². The highest BCUT2D eigenvalue weighted by molar-refractivity contribution is 6.05. The molecule has 1 aliphatic rings. The van der Waals surface area contributed by atoms with Crippen molar-refractivity contribution in [2.75, 3.05) is 0 Å². The van der Waals surface area contributed by atoms with Gasteiger partial charge in [-0.1, -0.05) is 38.1 Å². The summed E-state index contributed by atoms with van der Waals surface area (Å²) < 4.78 is 0. The molecule has 0 aromatic heterocycles. The molecule has 2 rings (SSSR count). The maximum Gasteiger partial charge on any atom is 0.256 e. The van der Waals surface area contributed by atoms with E-state index in [4.69, 9.17) is 0 Å². The third-order valence-electron chi connectivity index (χ3n) is 3.09. The van der Waals surface area contributed by atoms with Crippen molar-refractivity contribution in [1.82, 2.24) is 10.6 Å². The third kappa shape index (κ3) is 3.13. The van der Waals surface area contributed by atoms with Crippen molar-refractivity contribution >= 4 is 11.9 Å². The topological polar surface area (TPSA) is 53.5 Å². The molecule has 4 nitrogen and oxygen atoms in total. The van der Waals surface area contributed by atoms with Crippen LogP contribution in [-0.2, 0) is 4.79 Å². The van der Waals surface area contributed by atoms with Crippen LogP contribution in [0.15, 0.2) is 29.3 Å². The molecule has 0 saturated heterocycles. The molecule has 0 fully saturated rings. The molecule has 0 radical (unpaired) electrons. The fourth-order valence-corrected chi connectivity index (χ4v) is 2.04. The highest BCUT2D eigenvalue weighted by Crippen LogP contribution is 2.23. The van der Waals surface area contributed by atoms with E-state index in [1.165, 1.54) is 5.56 Å². The summed E-state index contributed by atoms with van der Waals surface area (Å²) in [5.74, 6) is 0.992. The van der Waals surface area contributed by atoms with Gasteiger partial charge >= 0.3 is 0 Å². The second-order valence-electron chi connectivity index (χ2n) is 5.49. The molecule has 0 aliphatic carbocycles. The monoisotopic (exact) mass is 259 g/mol. The summed E-state index contributed by atoms with van der Waals surface area (Å²) >= 11 is 0. The minimum atomic E-state index is -0.428. The van der Waals surface area contributed by atoms with Gasteiger partial charge < -0.3 is 5.32 Å². The van der Waals surface area contributed by atoms with E-state index in [1.807, 2.05) is 26.0 Å². The number of hydrogen-bond acceptors (Lipinski definition) is 3. The van der Waals surface area contributed by atoms with Crippen molar-refractivity contribution in [1.29, 1.82) is 0 Å². The van der Waals surface area contributed by atoms with Gasteiger partial charge in [0, 0.05) is 6.04 Å². The Morgan fingerprint density at radius 2 is 1.79 bits per heavy atom. The number of benzene rings is 1. The predicted octanol–water partition coefficient (Wildman–Crippen LogP) is 2.33. The molecule has 1 amide bonds. The number of hydrogen-bond donors (Lipinski definition) is 2. The highest BCUT2D eigenvalue weighted by atomic mass is 16.2. The molecule has 1 atom stereocenters. The van der Waals surface area contributed by atoms with Gasteiger partial charge in [-0.15, -0.1) is 0 Å². The zero-order valence-corrected chi connectivity index (χ0v) is 11.9. The van der Waals surface area contributed by atoms with Crippen LogP contribution in [0.3, 0.4) is 0 Å². The first-order chi connectivity index (χ1) is 8.97. The van der Waals surface area contributed by atoms with Crippen molar-refractivity contribution in [2.24, 2.45) is 4.99 Å². The van der Waals surface area contributed by atoms with E-state index in [2.05, 4.69) is 41.6 Å². The standard InChI is InChI=1S/C15H21N3O/c1-9(2)11-5-7-12(8-6-11)13-14(19)18-15(17-13)16-10(3)4/h5-10,13H,1-4H3,(H2,16,17,18,19). The van der Waals surface area contributed by atoms with Crippen molar-refractivity contribution in [3.05, 3.63) is 35.4 Å². The summed E-state index contributed by atoms with van der Waals surface area (Å²) in [7, 11) is 0. The number of guanidine groups is 1. The first-order valence-electron chi connectivity index (χ1n) is 6.72. The molecular formula is C15H21N3O. The Kier molecular flexibility index (Phi) is 3.88. The number of nitrogens with zero attached hydrogens (tertiary/aromatic N) is 1. The molecular weight excluding hydrogens is 238 g/mol. The van der Waals surface area contributed by atoms with E-state index in [9.17, 15) is 4.79 Å². The van der Waals surface area contributed by atoms with Crippen LogP contribution in [0.4, 0.5) is 0 Å².